The van der Waals surface area contributed by atoms with Crippen LogP contribution in [0.5, 0.6) is 0 Å². The highest BCUT2D eigenvalue weighted by Gasteiger charge is 2.47. The number of carbonyl (C=O) groups excluding carboxylic acids is 1. The minimum Gasteiger partial charge on any atom is -0.390 e. The molecule has 1 aliphatic heterocycles. The van der Waals surface area contributed by atoms with Crippen LogP contribution in [0.3, 0.4) is 0 Å². The van der Waals surface area contributed by atoms with Crippen LogP contribution in [0.2, 0.25) is 0 Å². The zero-order valence-electron chi connectivity index (χ0n) is 21.0. The SMILES string of the molecule is CC(C)(O)C1C[C@@H](N2CCC(c3ccc(F)cc3)CC2)C[C@H]1C(=O)NCc1cc(F)cc(C(F)(F)F)c1. The van der Waals surface area contributed by atoms with E-state index in [-0.39, 0.29) is 35.8 Å². The molecule has 0 aromatic heterocycles. The number of carbonyl (C=O) groups is 1. The van der Waals surface area contributed by atoms with E-state index in [4.69, 9.17) is 0 Å². The zero-order chi connectivity index (χ0) is 27.0. The van der Waals surface area contributed by atoms with Crippen LogP contribution in [0.25, 0.3) is 0 Å². The first-order chi connectivity index (χ1) is 17.3. The fraction of sp³-hybridized carbons (Fsp3) is 0.536. The summed E-state index contributed by atoms with van der Waals surface area (Å²) < 4.78 is 66.1. The smallest absolute Gasteiger partial charge is 0.390 e. The van der Waals surface area contributed by atoms with Crippen molar-refractivity contribution in [3.05, 3.63) is 70.8 Å². The van der Waals surface area contributed by atoms with E-state index < -0.39 is 29.1 Å². The molecule has 1 aliphatic carbocycles. The quantitative estimate of drug-likeness (QED) is 0.481. The van der Waals surface area contributed by atoms with E-state index >= 15 is 0 Å². The van der Waals surface area contributed by atoms with E-state index in [1.165, 1.54) is 12.1 Å². The van der Waals surface area contributed by atoms with Gasteiger partial charge in [-0.1, -0.05) is 12.1 Å². The van der Waals surface area contributed by atoms with Gasteiger partial charge in [0.15, 0.2) is 0 Å². The highest BCUT2D eigenvalue weighted by atomic mass is 19.4. The van der Waals surface area contributed by atoms with Crippen LogP contribution < -0.4 is 5.32 Å². The van der Waals surface area contributed by atoms with Gasteiger partial charge in [-0.25, -0.2) is 8.78 Å². The number of benzene rings is 2. The molecule has 1 saturated heterocycles. The predicted octanol–water partition coefficient (Wildman–Crippen LogP) is 5.65. The average Bonchev–Trinajstić information content (AvgIpc) is 3.29. The summed E-state index contributed by atoms with van der Waals surface area (Å²) in [7, 11) is 0. The highest BCUT2D eigenvalue weighted by molar-refractivity contribution is 5.79. The lowest BCUT2D eigenvalue weighted by Crippen LogP contribution is -2.41. The Balaban J connectivity index is 1.39. The normalized spacial score (nSPS) is 23.8. The average molecular weight is 525 g/mol. The minimum atomic E-state index is -4.68. The summed E-state index contributed by atoms with van der Waals surface area (Å²) in [6.07, 6.45) is -1.71. The van der Waals surface area contributed by atoms with Crippen molar-refractivity contribution in [2.75, 3.05) is 13.1 Å². The van der Waals surface area contributed by atoms with Crippen molar-refractivity contribution in [3.8, 4) is 0 Å². The molecule has 9 heteroatoms. The van der Waals surface area contributed by atoms with Crippen LogP contribution in [0.15, 0.2) is 42.5 Å². The van der Waals surface area contributed by atoms with E-state index in [1.54, 1.807) is 13.8 Å². The Morgan fingerprint density at radius 1 is 1.00 bits per heavy atom. The van der Waals surface area contributed by atoms with E-state index in [0.29, 0.717) is 24.8 Å². The van der Waals surface area contributed by atoms with Gasteiger partial charge < -0.3 is 15.3 Å². The first-order valence-electron chi connectivity index (χ1n) is 12.7. The molecule has 2 aromatic rings. The number of amides is 1. The van der Waals surface area contributed by atoms with Crippen molar-refractivity contribution in [3.63, 3.8) is 0 Å². The summed E-state index contributed by atoms with van der Waals surface area (Å²) in [5.74, 6) is -2.13. The molecule has 2 fully saturated rings. The molecule has 1 heterocycles. The Hall–Kier alpha value is -2.52. The Morgan fingerprint density at radius 3 is 2.24 bits per heavy atom. The molecule has 2 aliphatic rings. The number of nitrogens with zero attached hydrogens (tertiary/aromatic N) is 1. The molecule has 0 spiro atoms. The van der Waals surface area contributed by atoms with Gasteiger partial charge in [0.2, 0.25) is 5.91 Å². The molecule has 1 saturated carbocycles. The number of piperidine rings is 1. The van der Waals surface area contributed by atoms with Crippen molar-refractivity contribution < 1.29 is 31.9 Å². The van der Waals surface area contributed by atoms with Crippen LogP contribution >= 0.6 is 0 Å². The predicted molar refractivity (Wildman–Crippen MR) is 129 cm³/mol. The number of halogens is 5. The second-order valence-electron chi connectivity index (χ2n) is 10.9. The first-order valence-corrected chi connectivity index (χ1v) is 12.7. The van der Waals surface area contributed by atoms with Gasteiger partial charge in [0.1, 0.15) is 11.6 Å². The van der Waals surface area contributed by atoms with Crippen molar-refractivity contribution in [2.24, 2.45) is 11.8 Å². The van der Waals surface area contributed by atoms with Crippen LogP contribution in [0, 0.1) is 23.5 Å². The van der Waals surface area contributed by atoms with Crippen LogP contribution in [0.1, 0.15) is 62.1 Å². The highest BCUT2D eigenvalue weighted by Crippen LogP contribution is 2.43. The topological polar surface area (TPSA) is 52.6 Å². The molecule has 0 radical (unpaired) electrons. The number of nitrogens with one attached hydrogen (secondary N) is 1. The molecule has 202 valence electrons. The lowest BCUT2D eigenvalue weighted by molar-refractivity contribution is -0.137. The maximum absolute atomic E-state index is 13.7. The summed E-state index contributed by atoms with van der Waals surface area (Å²) >= 11 is 0. The molecule has 2 aromatic carbocycles. The standard InChI is InChI=1S/C28H33F5N2O2/c1-27(2,37)25-15-23(35-9-7-19(8-10-35)18-3-5-21(29)6-4-18)14-24(25)26(36)34-16-17-11-20(28(31,32)33)13-22(30)12-17/h3-6,11-13,19,23-25,37H,7-10,14-16H2,1-2H3,(H,34,36)/t23-,24+,25?/m0/s1. The third-order valence-corrected chi connectivity index (χ3v) is 7.92. The molecular formula is C28H33F5N2O2. The van der Waals surface area contributed by atoms with Gasteiger partial charge in [-0.3, -0.25) is 4.79 Å². The van der Waals surface area contributed by atoms with Gasteiger partial charge >= 0.3 is 6.18 Å². The number of hydrogen-bond acceptors (Lipinski definition) is 3. The van der Waals surface area contributed by atoms with Gasteiger partial charge in [0.05, 0.1) is 11.2 Å². The summed E-state index contributed by atoms with van der Waals surface area (Å²) in [5, 5.41) is 13.5. The summed E-state index contributed by atoms with van der Waals surface area (Å²) in [4.78, 5) is 15.5. The van der Waals surface area contributed by atoms with E-state index in [1.807, 2.05) is 12.1 Å². The minimum absolute atomic E-state index is 0.0258. The van der Waals surface area contributed by atoms with Gasteiger partial charge in [-0.05, 0) is 100.0 Å². The third kappa shape index (κ3) is 6.68. The molecule has 3 atom stereocenters. The van der Waals surface area contributed by atoms with E-state index in [0.717, 1.165) is 43.6 Å². The van der Waals surface area contributed by atoms with Gasteiger partial charge in [-0.2, -0.15) is 13.2 Å². The monoisotopic (exact) mass is 524 g/mol. The van der Waals surface area contributed by atoms with Crippen molar-refractivity contribution in [2.45, 2.75) is 69.8 Å². The molecule has 4 nitrogen and oxygen atoms in total. The van der Waals surface area contributed by atoms with Crippen LogP contribution in [-0.2, 0) is 17.5 Å². The van der Waals surface area contributed by atoms with Crippen molar-refractivity contribution in [1.29, 1.82) is 0 Å². The Kier molecular flexibility index (Phi) is 7.95. The molecule has 1 unspecified atom stereocenters. The Labute approximate surface area is 213 Å². The van der Waals surface area contributed by atoms with Gasteiger partial charge in [0.25, 0.3) is 0 Å². The van der Waals surface area contributed by atoms with Crippen molar-refractivity contribution in [1.82, 2.24) is 10.2 Å². The van der Waals surface area contributed by atoms with E-state index in [9.17, 15) is 31.9 Å². The molecule has 2 N–H and O–H groups in total. The summed E-state index contributed by atoms with van der Waals surface area (Å²) in [6.45, 7) is 4.75. The van der Waals surface area contributed by atoms with Gasteiger partial charge in [0, 0.05) is 24.4 Å². The lowest BCUT2D eigenvalue weighted by Gasteiger charge is -2.36. The Bertz CT molecular complexity index is 1090. The maximum atomic E-state index is 13.7. The van der Waals surface area contributed by atoms with Crippen molar-refractivity contribution >= 4 is 5.91 Å². The number of likely N-dealkylation sites (tertiary alicyclic amines) is 1. The van der Waals surface area contributed by atoms with Crippen LogP contribution in [-0.4, -0.2) is 40.6 Å². The van der Waals surface area contributed by atoms with Crippen LogP contribution in [0.4, 0.5) is 22.0 Å². The summed E-state index contributed by atoms with van der Waals surface area (Å²) in [6, 6.07) is 8.93. The largest absolute Gasteiger partial charge is 0.416 e. The summed E-state index contributed by atoms with van der Waals surface area (Å²) in [5.41, 5.74) is -1.08. The molecule has 0 bridgehead atoms. The Morgan fingerprint density at radius 2 is 1.65 bits per heavy atom. The number of aliphatic hydroxyl groups is 1. The third-order valence-electron chi connectivity index (χ3n) is 7.92. The molecule has 1 amide bonds. The van der Waals surface area contributed by atoms with E-state index in [2.05, 4.69) is 10.2 Å². The number of alkyl halides is 3. The number of rotatable bonds is 6. The van der Waals surface area contributed by atoms with Gasteiger partial charge in [-0.15, -0.1) is 0 Å². The number of hydrogen-bond donors (Lipinski definition) is 2. The maximum Gasteiger partial charge on any atom is 0.416 e. The fourth-order valence-corrected chi connectivity index (χ4v) is 5.95. The zero-order valence-corrected chi connectivity index (χ0v) is 21.0. The molecular weight excluding hydrogens is 491 g/mol. The fourth-order valence-electron chi connectivity index (χ4n) is 5.95. The second kappa shape index (κ2) is 10.7. The molecule has 37 heavy (non-hydrogen) atoms. The lowest BCUT2D eigenvalue weighted by atomic mass is 9.82. The second-order valence-corrected chi connectivity index (χ2v) is 10.9. The first kappa shape index (κ1) is 27.5. The molecule has 4 rings (SSSR count).